The maximum Gasteiger partial charge on any atom is 0.323 e. The smallest absolute Gasteiger partial charge is 0.323 e. The molecule has 24 heavy (non-hydrogen) atoms. The molecule has 0 heterocycles. The van der Waals surface area contributed by atoms with Crippen LogP contribution in [0.15, 0.2) is 18.2 Å². The topological polar surface area (TPSA) is 76.1 Å². The van der Waals surface area contributed by atoms with Gasteiger partial charge in [0.25, 0.3) is 0 Å². The largest absolute Gasteiger partial charge is 0.493 e. The number of ether oxygens (including phenoxy) is 2. The molecule has 0 saturated heterocycles. The second kappa shape index (κ2) is 9.15. The Labute approximate surface area is 143 Å². The van der Waals surface area contributed by atoms with E-state index in [-0.39, 0.29) is 24.4 Å². The number of benzene rings is 1. The molecule has 0 radical (unpaired) electrons. The first-order valence-electron chi connectivity index (χ1n) is 8.07. The van der Waals surface area contributed by atoms with E-state index in [1.807, 2.05) is 32.9 Å². The van der Waals surface area contributed by atoms with Crippen LogP contribution in [0.1, 0.15) is 32.8 Å². The summed E-state index contributed by atoms with van der Waals surface area (Å²) >= 11 is 0. The van der Waals surface area contributed by atoms with Gasteiger partial charge >= 0.3 is 5.97 Å². The Morgan fingerprint density at radius 2 is 1.79 bits per heavy atom. The van der Waals surface area contributed by atoms with Crippen molar-refractivity contribution in [2.45, 2.75) is 39.7 Å². The number of carbonyl (C=O) groups excluding carboxylic acids is 1. The van der Waals surface area contributed by atoms with Crippen molar-refractivity contribution in [2.24, 2.45) is 5.92 Å². The Balaban J connectivity index is 2.89. The highest BCUT2D eigenvalue weighted by atomic mass is 16.5. The number of carboxylic acids is 1. The summed E-state index contributed by atoms with van der Waals surface area (Å²) in [6, 6.07) is 5.42. The fraction of sp³-hybridized carbons (Fsp3) is 0.556. The molecule has 1 N–H and O–H groups in total. The lowest BCUT2D eigenvalue weighted by atomic mass is 9.98. The fourth-order valence-electron chi connectivity index (χ4n) is 2.55. The summed E-state index contributed by atoms with van der Waals surface area (Å²) in [5, 5.41) is 9.05. The predicted octanol–water partition coefficient (Wildman–Crippen LogP) is 2.59. The van der Waals surface area contributed by atoms with Crippen molar-refractivity contribution in [1.82, 2.24) is 4.90 Å². The molecule has 1 rings (SSSR count). The molecule has 0 aliphatic rings. The molecule has 0 bridgehead atoms. The van der Waals surface area contributed by atoms with E-state index < -0.39 is 5.97 Å². The van der Waals surface area contributed by atoms with Gasteiger partial charge in [0.1, 0.15) is 6.54 Å². The molecule has 0 saturated carbocycles. The van der Waals surface area contributed by atoms with Crippen LogP contribution in [-0.2, 0) is 16.0 Å². The minimum Gasteiger partial charge on any atom is -0.493 e. The standard InChI is InChI=1S/C18H27NO5/c1-6-13(3)19(11-17(20)21)18(22)12(2)9-14-7-8-15(23-4)16(10-14)24-5/h7-8,10,12-13H,6,9,11H2,1-5H3,(H,20,21). The molecule has 2 unspecified atom stereocenters. The number of hydrogen-bond acceptors (Lipinski definition) is 4. The van der Waals surface area contributed by atoms with E-state index in [9.17, 15) is 9.59 Å². The number of amides is 1. The Hall–Kier alpha value is -2.24. The van der Waals surface area contributed by atoms with Gasteiger partial charge in [0, 0.05) is 12.0 Å². The number of hydrogen-bond donors (Lipinski definition) is 1. The third-order valence-electron chi connectivity index (χ3n) is 4.12. The Morgan fingerprint density at radius 1 is 1.17 bits per heavy atom. The molecule has 134 valence electrons. The Morgan fingerprint density at radius 3 is 2.29 bits per heavy atom. The predicted molar refractivity (Wildman–Crippen MR) is 91.5 cm³/mol. The van der Waals surface area contributed by atoms with Gasteiger partial charge in [-0.2, -0.15) is 0 Å². The van der Waals surface area contributed by atoms with Crippen molar-refractivity contribution in [1.29, 1.82) is 0 Å². The number of carboxylic acid groups (broad SMARTS) is 1. The minimum absolute atomic E-state index is 0.110. The summed E-state index contributed by atoms with van der Waals surface area (Å²) in [4.78, 5) is 25.2. The zero-order valence-corrected chi connectivity index (χ0v) is 15.0. The number of aliphatic carboxylic acids is 1. The SMILES string of the molecule is CCC(C)N(CC(=O)O)C(=O)C(C)Cc1ccc(OC)c(OC)c1. The molecule has 1 amide bonds. The van der Waals surface area contributed by atoms with Crippen LogP contribution in [0, 0.1) is 5.92 Å². The lowest BCUT2D eigenvalue weighted by Gasteiger charge is -2.29. The summed E-state index contributed by atoms with van der Waals surface area (Å²) in [5.41, 5.74) is 0.938. The molecule has 6 nitrogen and oxygen atoms in total. The van der Waals surface area contributed by atoms with Gasteiger partial charge in [-0.15, -0.1) is 0 Å². The number of rotatable bonds is 9. The van der Waals surface area contributed by atoms with Crippen LogP contribution in [0.3, 0.4) is 0 Å². The van der Waals surface area contributed by atoms with Gasteiger partial charge in [-0.05, 0) is 37.5 Å². The second-order valence-electron chi connectivity index (χ2n) is 5.91. The number of methoxy groups -OCH3 is 2. The summed E-state index contributed by atoms with van der Waals surface area (Å²) in [7, 11) is 3.13. The van der Waals surface area contributed by atoms with Crippen molar-refractivity contribution >= 4 is 11.9 Å². The van der Waals surface area contributed by atoms with Crippen LogP contribution in [-0.4, -0.2) is 48.7 Å². The molecular formula is C18H27NO5. The van der Waals surface area contributed by atoms with E-state index in [2.05, 4.69) is 0 Å². The van der Waals surface area contributed by atoms with E-state index >= 15 is 0 Å². The van der Waals surface area contributed by atoms with Crippen LogP contribution in [0.5, 0.6) is 11.5 Å². The zero-order chi connectivity index (χ0) is 18.3. The lowest BCUT2D eigenvalue weighted by Crippen LogP contribution is -2.44. The third-order valence-corrected chi connectivity index (χ3v) is 4.12. The van der Waals surface area contributed by atoms with E-state index in [1.54, 1.807) is 20.3 Å². The average molecular weight is 337 g/mol. The zero-order valence-electron chi connectivity index (χ0n) is 15.0. The molecule has 1 aromatic rings. The number of nitrogens with zero attached hydrogens (tertiary/aromatic N) is 1. The summed E-state index contributed by atoms with van der Waals surface area (Å²) in [6.07, 6.45) is 1.22. The molecule has 0 spiro atoms. The van der Waals surface area contributed by atoms with Crippen LogP contribution in [0.25, 0.3) is 0 Å². The first kappa shape index (κ1) is 19.8. The van der Waals surface area contributed by atoms with Crippen LogP contribution in [0.2, 0.25) is 0 Å². The van der Waals surface area contributed by atoms with Crippen LogP contribution >= 0.6 is 0 Å². The molecule has 6 heteroatoms. The first-order valence-corrected chi connectivity index (χ1v) is 8.07. The van der Waals surface area contributed by atoms with Gasteiger partial charge in [-0.1, -0.05) is 19.9 Å². The molecule has 2 atom stereocenters. The second-order valence-corrected chi connectivity index (χ2v) is 5.91. The highest BCUT2D eigenvalue weighted by Gasteiger charge is 2.26. The van der Waals surface area contributed by atoms with E-state index in [1.165, 1.54) is 4.90 Å². The van der Waals surface area contributed by atoms with Gasteiger partial charge in [0.15, 0.2) is 11.5 Å². The van der Waals surface area contributed by atoms with Crippen molar-refractivity contribution < 1.29 is 24.2 Å². The Bertz CT molecular complexity index is 573. The molecule has 0 fully saturated rings. The van der Waals surface area contributed by atoms with E-state index in [4.69, 9.17) is 14.6 Å². The third kappa shape index (κ3) is 5.15. The molecule has 0 aliphatic carbocycles. The van der Waals surface area contributed by atoms with Crippen LogP contribution < -0.4 is 9.47 Å². The Kier molecular flexibility index (Phi) is 7.55. The molecule has 0 aliphatic heterocycles. The maximum atomic E-state index is 12.7. The van der Waals surface area contributed by atoms with Crippen molar-refractivity contribution in [2.75, 3.05) is 20.8 Å². The average Bonchev–Trinajstić information content (AvgIpc) is 2.57. The first-order chi connectivity index (χ1) is 11.3. The number of carbonyl (C=O) groups is 2. The monoisotopic (exact) mass is 337 g/mol. The highest BCUT2D eigenvalue weighted by molar-refractivity contribution is 5.83. The lowest BCUT2D eigenvalue weighted by molar-refractivity contribution is -0.147. The molecule has 1 aromatic carbocycles. The van der Waals surface area contributed by atoms with Crippen molar-refractivity contribution in [3.63, 3.8) is 0 Å². The molecular weight excluding hydrogens is 310 g/mol. The van der Waals surface area contributed by atoms with E-state index in [0.29, 0.717) is 24.3 Å². The summed E-state index contributed by atoms with van der Waals surface area (Å²) in [5.74, 6) is -0.230. The van der Waals surface area contributed by atoms with Gasteiger partial charge in [-0.25, -0.2) is 0 Å². The highest BCUT2D eigenvalue weighted by Crippen LogP contribution is 2.28. The fourth-order valence-corrected chi connectivity index (χ4v) is 2.55. The van der Waals surface area contributed by atoms with E-state index in [0.717, 1.165) is 5.56 Å². The van der Waals surface area contributed by atoms with Crippen LogP contribution in [0.4, 0.5) is 0 Å². The van der Waals surface area contributed by atoms with Gasteiger partial charge in [-0.3, -0.25) is 9.59 Å². The maximum absolute atomic E-state index is 12.7. The van der Waals surface area contributed by atoms with Gasteiger partial charge in [0.2, 0.25) is 5.91 Å². The molecule has 0 aromatic heterocycles. The van der Waals surface area contributed by atoms with Gasteiger partial charge in [0.05, 0.1) is 14.2 Å². The normalized spacial score (nSPS) is 13.0. The van der Waals surface area contributed by atoms with Crippen molar-refractivity contribution in [3.05, 3.63) is 23.8 Å². The minimum atomic E-state index is -0.998. The quantitative estimate of drug-likeness (QED) is 0.749. The van der Waals surface area contributed by atoms with Gasteiger partial charge < -0.3 is 19.5 Å². The summed E-state index contributed by atoms with van der Waals surface area (Å²) in [6.45, 7) is 5.34. The van der Waals surface area contributed by atoms with Crippen molar-refractivity contribution in [3.8, 4) is 11.5 Å². The summed E-state index contributed by atoms with van der Waals surface area (Å²) < 4.78 is 10.5.